The summed E-state index contributed by atoms with van der Waals surface area (Å²) in [5.74, 6) is -0.228. The molecule has 7 nitrogen and oxygen atoms in total. The number of hydrogen-bond donors (Lipinski definition) is 2. The molecule has 3 aromatic heterocycles. The molecule has 0 saturated carbocycles. The lowest BCUT2D eigenvalue weighted by Crippen LogP contribution is -2.23. The van der Waals surface area contributed by atoms with E-state index in [4.69, 9.17) is 5.73 Å². The molecule has 0 aliphatic heterocycles. The number of carbonyl (C=O) groups excluding carboxylic acids is 1. The van der Waals surface area contributed by atoms with Gasteiger partial charge in [0.05, 0.1) is 17.9 Å². The van der Waals surface area contributed by atoms with E-state index in [0.29, 0.717) is 27.5 Å². The van der Waals surface area contributed by atoms with E-state index >= 15 is 0 Å². The lowest BCUT2D eigenvalue weighted by atomic mass is 10.3. The minimum absolute atomic E-state index is 0.228. The van der Waals surface area contributed by atoms with Gasteiger partial charge in [0.2, 0.25) is 0 Å². The molecule has 3 rings (SSSR count). The molecule has 3 aromatic rings. The van der Waals surface area contributed by atoms with Gasteiger partial charge in [-0.3, -0.25) is 9.48 Å². The number of aromatic nitrogens is 4. The molecule has 0 saturated heterocycles. The summed E-state index contributed by atoms with van der Waals surface area (Å²) < 4.78 is 1.71. The van der Waals surface area contributed by atoms with E-state index in [2.05, 4.69) is 20.4 Å². The third-order valence-corrected chi connectivity index (χ3v) is 4.02. The van der Waals surface area contributed by atoms with Crippen LogP contribution in [-0.2, 0) is 13.6 Å². The number of aryl methyl sites for hydroxylation is 1. The fourth-order valence-corrected chi connectivity index (χ4v) is 2.78. The van der Waals surface area contributed by atoms with Crippen LogP contribution in [0.5, 0.6) is 0 Å². The second-order valence-electron chi connectivity index (χ2n) is 4.18. The smallest absolute Gasteiger partial charge is 0.263 e. The van der Waals surface area contributed by atoms with Crippen LogP contribution in [0.15, 0.2) is 24.7 Å². The number of amides is 1. The molecule has 3 N–H and O–H groups in total. The van der Waals surface area contributed by atoms with E-state index < -0.39 is 0 Å². The summed E-state index contributed by atoms with van der Waals surface area (Å²) in [6.45, 7) is 0.393. The topological polar surface area (TPSA) is 98.7 Å². The zero-order chi connectivity index (χ0) is 14.1. The van der Waals surface area contributed by atoms with Crippen LogP contribution in [0.25, 0.3) is 10.3 Å². The van der Waals surface area contributed by atoms with Crippen molar-refractivity contribution in [3.8, 4) is 0 Å². The second kappa shape index (κ2) is 4.89. The van der Waals surface area contributed by atoms with Gasteiger partial charge in [0.25, 0.3) is 5.91 Å². The number of nitrogens with two attached hydrogens (primary N) is 1. The van der Waals surface area contributed by atoms with Crippen molar-refractivity contribution in [2.45, 2.75) is 6.54 Å². The molecule has 102 valence electrons. The highest BCUT2D eigenvalue weighted by Gasteiger charge is 2.17. The van der Waals surface area contributed by atoms with E-state index in [1.165, 1.54) is 11.3 Å². The molecule has 0 atom stereocenters. The van der Waals surface area contributed by atoms with E-state index in [-0.39, 0.29) is 5.91 Å². The van der Waals surface area contributed by atoms with Gasteiger partial charge in [-0.1, -0.05) is 0 Å². The Morgan fingerprint density at radius 3 is 2.90 bits per heavy atom. The van der Waals surface area contributed by atoms with Crippen LogP contribution < -0.4 is 11.1 Å². The van der Waals surface area contributed by atoms with Crippen molar-refractivity contribution in [2.75, 3.05) is 5.73 Å². The van der Waals surface area contributed by atoms with Gasteiger partial charge >= 0.3 is 0 Å². The number of anilines is 1. The van der Waals surface area contributed by atoms with Crippen molar-refractivity contribution >= 4 is 33.3 Å². The first kappa shape index (κ1) is 12.5. The zero-order valence-corrected chi connectivity index (χ0v) is 11.5. The van der Waals surface area contributed by atoms with Gasteiger partial charge in [0.15, 0.2) is 0 Å². The number of nitrogens with one attached hydrogen (secondary N) is 1. The summed E-state index contributed by atoms with van der Waals surface area (Å²) in [5, 5.41) is 6.86. The summed E-state index contributed by atoms with van der Waals surface area (Å²) >= 11 is 1.24. The third-order valence-electron chi connectivity index (χ3n) is 2.92. The Morgan fingerprint density at radius 1 is 1.40 bits per heavy atom. The van der Waals surface area contributed by atoms with Crippen molar-refractivity contribution in [1.82, 2.24) is 25.1 Å². The molecule has 0 bridgehead atoms. The minimum atomic E-state index is -0.228. The molecule has 0 aromatic carbocycles. The first-order valence-corrected chi connectivity index (χ1v) is 6.72. The Balaban J connectivity index is 1.82. The Hall–Kier alpha value is -2.48. The lowest BCUT2D eigenvalue weighted by molar-refractivity contribution is 0.0955. The predicted octanol–water partition coefficient (Wildman–Crippen LogP) is 0.937. The zero-order valence-electron chi connectivity index (χ0n) is 10.7. The van der Waals surface area contributed by atoms with Crippen molar-refractivity contribution < 1.29 is 4.79 Å². The SMILES string of the molecule is Cn1nccc1CNC(=O)c1sc2nccnc2c1N. The maximum Gasteiger partial charge on any atom is 0.263 e. The van der Waals surface area contributed by atoms with Gasteiger partial charge in [-0.2, -0.15) is 5.10 Å². The molecule has 0 radical (unpaired) electrons. The molecule has 0 unspecified atom stereocenters. The van der Waals surface area contributed by atoms with Crippen LogP contribution in [0.4, 0.5) is 5.69 Å². The fourth-order valence-electron chi connectivity index (χ4n) is 1.84. The predicted molar refractivity (Wildman–Crippen MR) is 76.2 cm³/mol. The van der Waals surface area contributed by atoms with E-state index in [1.807, 2.05) is 13.1 Å². The van der Waals surface area contributed by atoms with Crippen LogP contribution in [0.1, 0.15) is 15.4 Å². The number of thiophene rings is 1. The molecule has 3 heterocycles. The summed E-state index contributed by atoms with van der Waals surface area (Å²) in [6.07, 6.45) is 4.82. The van der Waals surface area contributed by atoms with Gasteiger partial charge in [0.1, 0.15) is 15.2 Å². The Kier molecular flexibility index (Phi) is 3.07. The van der Waals surface area contributed by atoms with Gasteiger partial charge in [-0.25, -0.2) is 9.97 Å². The van der Waals surface area contributed by atoms with E-state index in [1.54, 1.807) is 23.3 Å². The van der Waals surface area contributed by atoms with Gasteiger partial charge < -0.3 is 11.1 Å². The second-order valence-corrected chi connectivity index (χ2v) is 5.18. The van der Waals surface area contributed by atoms with Gasteiger partial charge in [0, 0.05) is 25.6 Å². The largest absolute Gasteiger partial charge is 0.396 e. The monoisotopic (exact) mass is 288 g/mol. The fraction of sp³-hybridized carbons (Fsp3) is 0.167. The Morgan fingerprint density at radius 2 is 2.20 bits per heavy atom. The number of hydrogen-bond acceptors (Lipinski definition) is 6. The van der Waals surface area contributed by atoms with E-state index in [0.717, 1.165) is 5.69 Å². The van der Waals surface area contributed by atoms with Crippen LogP contribution >= 0.6 is 11.3 Å². The number of nitrogen functional groups attached to an aromatic ring is 1. The quantitative estimate of drug-likeness (QED) is 0.747. The van der Waals surface area contributed by atoms with Crippen LogP contribution in [0.3, 0.4) is 0 Å². The van der Waals surface area contributed by atoms with Crippen molar-refractivity contribution in [2.24, 2.45) is 7.05 Å². The summed E-state index contributed by atoms with van der Waals surface area (Å²) in [5.41, 5.74) is 7.81. The number of carbonyl (C=O) groups is 1. The van der Waals surface area contributed by atoms with Gasteiger partial charge in [-0.05, 0) is 6.07 Å². The molecule has 8 heteroatoms. The molecule has 20 heavy (non-hydrogen) atoms. The first-order valence-electron chi connectivity index (χ1n) is 5.91. The molecule has 0 spiro atoms. The molecular formula is C12H12N6OS. The Bertz CT molecular complexity index is 777. The maximum atomic E-state index is 12.2. The van der Waals surface area contributed by atoms with Crippen LogP contribution in [-0.4, -0.2) is 25.7 Å². The molecular weight excluding hydrogens is 276 g/mol. The van der Waals surface area contributed by atoms with Crippen molar-refractivity contribution in [1.29, 1.82) is 0 Å². The summed E-state index contributed by atoms with van der Waals surface area (Å²) in [7, 11) is 1.82. The standard InChI is InChI=1S/C12H12N6OS/c1-18-7(2-3-17-18)6-16-11(19)10-8(13)9-12(20-10)15-5-4-14-9/h2-5H,6,13H2,1H3,(H,16,19). The average molecular weight is 288 g/mol. The van der Waals surface area contributed by atoms with Crippen molar-refractivity contribution in [3.05, 3.63) is 35.2 Å². The highest BCUT2D eigenvalue weighted by molar-refractivity contribution is 7.21. The summed E-state index contributed by atoms with van der Waals surface area (Å²) in [4.78, 5) is 21.6. The maximum absolute atomic E-state index is 12.2. The number of fused-ring (bicyclic) bond motifs is 1. The first-order chi connectivity index (χ1) is 9.66. The number of rotatable bonds is 3. The van der Waals surface area contributed by atoms with Gasteiger partial charge in [-0.15, -0.1) is 11.3 Å². The molecule has 0 aliphatic rings. The average Bonchev–Trinajstić information content (AvgIpc) is 3.01. The molecule has 1 amide bonds. The normalized spacial score (nSPS) is 10.8. The molecule has 0 fully saturated rings. The molecule has 0 aliphatic carbocycles. The van der Waals surface area contributed by atoms with Crippen molar-refractivity contribution in [3.63, 3.8) is 0 Å². The highest BCUT2D eigenvalue weighted by atomic mass is 32.1. The number of nitrogens with zero attached hydrogens (tertiary/aromatic N) is 4. The third kappa shape index (κ3) is 2.10. The van der Waals surface area contributed by atoms with Crippen LogP contribution in [0.2, 0.25) is 0 Å². The lowest BCUT2D eigenvalue weighted by Gasteiger charge is -2.04. The van der Waals surface area contributed by atoms with E-state index in [9.17, 15) is 4.79 Å². The summed E-state index contributed by atoms with van der Waals surface area (Å²) in [6, 6.07) is 1.84. The minimum Gasteiger partial charge on any atom is -0.396 e. The van der Waals surface area contributed by atoms with Crippen LogP contribution in [0, 0.1) is 0 Å². The Labute approximate surface area is 118 Å². The highest BCUT2D eigenvalue weighted by Crippen LogP contribution is 2.30.